The number of aryl methyl sites for hydroxylation is 4. The molecule has 0 fully saturated rings. The van der Waals surface area contributed by atoms with Crippen LogP contribution >= 0.6 is 0 Å². The fourth-order valence-electron chi connectivity index (χ4n) is 4.52. The third-order valence-corrected chi connectivity index (χ3v) is 7.00. The maximum atomic E-state index is 4.48. The summed E-state index contributed by atoms with van der Waals surface area (Å²) in [6, 6.07) is 16.3. The zero-order valence-electron chi connectivity index (χ0n) is 24.9. The Balaban J connectivity index is 1.13. The second-order valence-corrected chi connectivity index (χ2v) is 9.75. The number of imidazole rings is 2. The molecule has 2 aromatic heterocycles. The molecule has 216 valence electrons. The number of nitrogens with zero attached hydrogens (tertiary/aromatic N) is 8. The van der Waals surface area contributed by atoms with Gasteiger partial charge in [0.1, 0.15) is 11.4 Å². The lowest BCUT2D eigenvalue weighted by atomic mass is 10.2. The topological polar surface area (TPSA) is 91.1 Å². The minimum atomic E-state index is 0.848. The number of benzene rings is 2. The summed E-state index contributed by atoms with van der Waals surface area (Å²) in [7, 11) is 0. The van der Waals surface area contributed by atoms with Gasteiger partial charge in [-0.15, -0.1) is 0 Å². The summed E-state index contributed by atoms with van der Waals surface area (Å²) in [6.07, 6.45) is 11.6. The Labute approximate surface area is 243 Å². The standard InChI is InChI=1S/C31H42N10/c1-5-38-22-23-39(6-2)30(38)36-34-28-16-12-26(13-17-28)32-20-10-9-11-21-33-27-14-18-29(19-15-27)35-37-31-40(7-3)24-25-41(31)8-4/h12-19,22-25H,5-11,20-21H2,1-4H3/p+2. The molecule has 4 rings (SSSR count). The summed E-state index contributed by atoms with van der Waals surface area (Å²) >= 11 is 0. The van der Waals surface area contributed by atoms with Gasteiger partial charge in [-0.05, 0) is 95.5 Å². The molecule has 2 aromatic carbocycles. The Hall–Kier alpha value is -4.34. The number of azo groups is 2. The highest BCUT2D eigenvalue weighted by Gasteiger charge is 2.15. The maximum Gasteiger partial charge on any atom is 0.421 e. The van der Waals surface area contributed by atoms with Crippen molar-refractivity contribution < 1.29 is 9.13 Å². The van der Waals surface area contributed by atoms with E-state index in [-0.39, 0.29) is 0 Å². The molecule has 0 bridgehead atoms. The highest BCUT2D eigenvalue weighted by Crippen LogP contribution is 2.21. The molecule has 0 saturated carbocycles. The molecular formula is C31H44N10+2. The van der Waals surface area contributed by atoms with E-state index in [2.05, 4.69) is 101 Å². The third kappa shape index (κ3) is 8.33. The van der Waals surface area contributed by atoms with E-state index in [1.807, 2.05) is 49.1 Å². The van der Waals surface area contributed by atoms with Crippen LogP contribution in [0.1, 0.15) is 47.0 Å². The van der Waals surface area contributed by atoms with Crippen molar-refractivity contribution in [1.29, 1.82) is 0 Å². The fourth-order valence-corrected chi connectivity index (χ4v) is 4.52. The van der Waals surface area contributed by atoms with Gasteiger partial charge >= 0.3 is 11.9 Å². The first-order valence-corrected chi connectivity index (χ1v) is 14.8. The minimum Gasteiger partial charge on any atom is -0.385 e. The van der Waals surface area contributed by atoms with Gasteiger partial charge in [0.2, 0.25) is 0 Å². The summed E-state index contributed by atoms with van der Waals surface area (Å²) < 4.78 is 8.38. The Morgan fingerprint density at radius 2 is 0.976 bits per heavy atom. The van der Waals surface area contributed by atoms with Crippen LogP contribution in [0.15, 0.2) is 93.8 Å². The molecule has 4 aromatic rings. The van der Waals surface area contributed by atoms with Crippen LogP contribution in [0, 0.1) is 0 Å². The van der Waals surface area contributed by atoms with Crippen molar-refractivity contribution in [1.82, 2.24) is 9.13 Å². The van der Waals surface area contributed by atoms with E-state index >= 15 is 0 Å². The highest BCUT2D eigenvalue weighted by molar-refractivity contribution is 5.51. The first-order chi connectivity index (χ1) is 20.1. The van der Waals surface area contributed by atoms with Crippen molar-refractivity contribution in [2.45, 2.75) is 73.1 Å². The second kappa shape index (κ2) is 15.4. The number of nitrogens with one attached hydrogen (secondary N) is 2. The SMILES string of the molecule is CCn1cc[n+](CC)c1N=Nc1ccc(NCCCCCNc2ccc(N=Nc3n(CC)cc[n+]3CC)cc2)cc1. The van der Waals surface area contributed by atoms with Crippen LogP contribution in [0.5, 0.6) is 0 Å². The van der Waals surface area contributed by atoms with Gasteiger partial charge in [0.25, 0.3) is 0 Å². The molecule has 0 aliphatic rings. The van der Waals surface area contributed by atoms with Crippen molar-refractivity contribution in [3.8, 4) is 0 Å². The maximum absolute atomic E-state index is 4.48. The van der Waals surface area contributed by atoms with E-state index < -0.39 is 0 Å². The van der Waals surface area contributed by atoms with Crippen LogP contribution in [0.3, 0.4) is 0 Å². The molecule has 0 spiro atoms. The van der Waals surface area contributed by atoms with Gasteiger partial charge in [-0.3, -0.25) is 0 Å². The number of unbranched alkanes of at least 4 members (excludes halogenated alkanes) is 2. The number of hydrogen-bond acceptors (Lipinski definition) is 6. The molecule has 2 N–H and O–H groups in total. The van der Waals surface area contributed by atoms with Gasteiger partial charge in [0.15, 0.2) is 0 Å². The number of rotatable bonds is 16. The highest BCUT2D eigenvalue weighted by atomic mass is 15.3. The van der Waals surface area contributed by atoms with Gasteiger partial charge in [0, 0.05) is 34.7 Å². The lowest BCUT2D eigenvalue weighted by Crippen LogP contribution is -2.30. The molecule has 0 aliphatic heterocycles. The average Bonchev–Trinajstić information content (AvgIpc) is 3.62. The summed E-state index contributed by atoms with van der Waals surface area (Å²) in [5.74, 6) is 1.74. The smallest absolute Gasteiger partial charge is 0.385 e. The lowest BCUT2D eigenvalue weighted by molar-refractivity contribution is -0.680. The van der Waals surface area contributed by atoms with Crippen LogP contribution in [-0.4, -0.2) is 22.2 Å². The van der Waals surface area contributed by atoms with Gasteiger partial charge in [-0.2, -0.15) is 0 Å². The summed E-state index contributed by atoms with van der Waals surface area (Å²) in [5.41, 5.74) is 3.90. The van der Waals surface area contributed by atoms with E-state index in [0.29, 0.717) is 0 Å². The largest absolute Gasteiger partial charge is 0.421 e. The Morgan fingerprint density at radius 3 is 1.34 bits per heavy atom. The molecule has 0 amide bonds. The first-order valence-electron chi connectivity index (χ1n) is 14.8. The second-order valence-electron chi connectivity index (χ2n) is 9.75. The summed E-state index contributed by atoms with van der Waals surface area (Å²) in [5, 5.41) is 24.8. The van der Waals surface area contributed by atoms with Gasteiger partial charge in [-0.1, -0.05) is 10.2 Å². The van der Waals surface area contributed by atoms with Crippen molar-refractivity contribution in [2.24, 2.45) is 20.5 Å². The van der Waals surface area contributed by atoms with Crippen LogP contribution in [0.2, 0.25) is 0 Å². The minimum absolute atomic E-state index is 0.848. The molecule has 41 heavy (non-hydrogen) atoms. The van der Waals surface area contributed by atoms with Crippen LogP contribution in [0.4, 0.5) is 34.6 Å². The molecule has 2 heterocycles. The van der Waals surface area contributed by atoms with E-state index in [9.17, 15) is 0 Å². The van der Waals surface area contributed by atoms with Gasteiger partial charge < -0.3 is 10.6 Å². The number of aromatic nitrogens is 4. The lowest BCUT2D eigenvalue weighted by Gasteiger charge is -2.08. The van der Waals surface area contributed by atoms with E-state index in [1.54, 1.807) is 0 Å². The Kier molecular flexibility index (Phi) is 11.2. The molecule has 0 aliphatic carbocycles. The Bertz CT molecular complexity index is 1250. The molecule has 0 unspecified atom stereocenters. The van der Waals surface area contributed by atoms with E-state index in [4.69, 9.17) is 0 Å². The number of anilines is 2. The zero-order chi connectivity index (χ0) is 28.9. The monoisotopic (exact) mass is 556 g/mol. The van der Waals surface area contributed by atoms with E-state index in [1.165, 1.54) is 0 Å². The van der Waals surface area contributed by atoms with Crippen LogP contribution in [0.25, 0.3) is 0 Å². The van der Waals surface area contributed by atoms with Crippen molar-refractivity contribution in [3.63, 3.8) is 0 Å². The number of hydrogen-bond donors (Lipinski definition) is 2. The van der Waals surface area contributed by atoms with Crippen LogP contribution < -0.4 is 19.8 Å². The molecular weight excluding hydrogens is 512 g/mol. The van der Waals surface area contributed by atoms with E-state index in [0.717, 1.165) is 93.2 Å². The molecule has 0 atom stereocenters. The van der Waals surface area contributed by atoms with Crippen LogP contribution in [-0.2, 0) is 26.2 Å². The zero-order valence-corrected chi connectivity index (χ0v) is 24.9. The first kappa shape index (κ1) is 29.6. The fraction of sp³-hybridized carbons (Fsp3) is 0.419. The predicted octanol–water partition coefficient (Wildman–Crippen LogP) is 7.47. The summed E-state index contributed by atoms with van der Waals surface area (Å²) in [6.45, 7) is 13.8. The van der Waals surface area contributed by atoms with Crippen molar-refractivity contribution in [2.75, 3.05) is 23.7 Å². The quantitative estimate of drug-likeness (QED) is 0.0851. The molecule has 0 radical (unpaired) electrons. The molecule has 10 nitrogen and oxygen atoms in total. The Morgan fingerprint density at radius 1 is 0.561 bits per heavy atom. The summed E-state index contributed by atoms with van der Waals surface area (Å²) in [4.78, 5) is 0. The predicted molar refractivity (Wildman–Crippen MR) is 164 cm³/mol. The van der Waals surface area contributed by atoms with Crippen molar-refractivity contribution in [3.05, 3.63) is 73.3 Å². The molecule has 10 heteroatoms. The van der Waals surface area contributed by atoms with Crippen molar-refractivity contribution >= 4 is 34.6 Å². The molecule has 0 saturated heterocycles. The third-order valence-electron chi connectivity index (χ3n) is 7.00. The van der Waals surface area contributed by atoms with Gasteiger partial charge in [0.05, 0.1) is 51.0 Å². The normalized spacial score (nSPS) is 11.6. The van der Waals surface area contributed by atoms with Gasteiger partial charge in [-0.25, -0.2) is 18.3 Å². The average molecular weight is 557 g/mol.